The Hall–Kier alpha value is -2.75. The number of hydrogen-bond donors (Lipinski definition) is 0. The van der Waals surface area contributed by atoms with E-state index in [4.69, 9.17) is 14.2 Å². The maximum Gasteiger partial charge on any atom is 0.308 e. The van der Waals surface area contributed by atoms with E-state index in [0.717, 1.165) is 46.6 Å². The summed E-state index contributed by atoms with van der Waals surface area (Å²) >= 11 is 0. The second-order valence-electron chi connectivity index (χ2n) is 5.66. The number of aryl methyl sites for hydroxylation is 1. The lowest BCUT2D eigenvalue weighted by atomic mass is 9.87. The summed E-state index contributed by atoms with van der Waals surface area (Å²) in [6, 6.07) is 13.7. The second-order valence-corrected chi connectivity index (χ2v) is 5.66. The van der Waals surface area contributed by atoms with Crippen LogP contribution in [0.3, 0.4) is 0 Å². The number of hydrogen-bond acceptors (Lipinski definition) is 4. The highest BCUT2D eigenvalue weighted by Gasteiger charge is 2.23. The molecule has 0 radical (unpaired) electrons. The van der Waals surface area contributed by atoms with Crippen molar-refractivity contribution in [3.63, 3.8) is 0 Å². The summed E-state index contributed by atoms with van der Waals surface area (Å²) in [6.45, 7) is 1.42. The van der Waals surface area contributed by atoms with Crippen molar-refractivity contribution < 1.29 is 19.0 Å². The van der Waals surface area contributed by atoms with Gasteiger partial charge in [0.05, 0.1) is 14.2 Å². The molecule has 4 nitrogen and oxygen atoms in total. The van der Waals surface area contributed by atoms with Crippen molar-refractivity contribution in [3.05, 3.63) is 59.2 Å². The van der Waals surface area contributed by atoms with Crippen LogP contribution in [0.1, 0.15) is 30.0 Å². The lowest BCUT2D eigenvalue weighted by Gasteiger charge is -2.23. The summed E-state index contributed by atoms with van der Waals surface area (Å²) in [5, 5.41) is 0. The van der Waals surface area contributed by atoms with Gasteiger partial charge in [0, 0.05) is 18.1 Å². The number of ether oxygens (including phenoxy) is 3. The maximum atomic E-state index is 11.6. The van der Waals surface area contributed by atoms with E-state index in [9.17, 15) is 4.79 Å². The third-order valence-corrected chi connectivity index (χ3v) is 4.14. The molecule has 3 rings (SSSR count). The molecule has 1 aliphatic carbocycles. The number of methoxy groups -OCH3 is 2. The Labute approximate surface area is 141 Å². The minimum Gasteiger partial charge on any atom is -0.497 e. The van der Waals surface area contributed by atoms with Crippen molar-refractivity contribution >= 4 is 17.3 Å². The first-order valence-corrected chi connectivity index (χ1v) is 7.85. The van der Waals surface area contributed by atoms with Crippen LogP contribution in [0.25, 0.3) is 11.3 Å². The van der Waals surface area contributed by atoms with E-state index < -0.39 is 0 Å². The molecule has 124 valence electrons. The van der Waals surface area contributed by atoms with Gasteiger partial charge in [-0.05, 0) is 54.3 Å². The SMILES string of the molecule is COc1cccc(C2=C(OC(C)=O)c3ccc(OC)cc3CC2)c1. The molecule has 0 spiro atoms. The molecule has 0 bridgehead atoms. The molecule has 2 aromatic carbocycles. The van der Waals surface area contributed by atoms with Gasteiger partial charge in [0.1, 0.15) is 17.3 Å². The first-order chi connectivity index (χ1) is 11.6. The Morgan fingerprint density at radius 3 is 2.42 bits per heavy atom. The van der Waals surface area contributed by atoms with Crippen LogP contribution >= 0.6 is 0 Å². The van der Waals surface area contributed by atoms with Crippen molar-refractivity contribution in [2.75, 3.05) is 14.2 Å². The van der Waals surface area contributed by atoms with E-state index in [-0.39, 0.29) is 5.97 Å². The normalized spacial score (nSPS) is 13.3. The minimum absolute atomic E-state index is 0.325. The molecule has 4 heteroatoms. The van der Waals surface area contributed by atoms with Gasteiger partial charge < -0.3 is 14.2 Å². The highest BCUT2D eigenvalue weighted by Crippen LogP contribution is 2.39. The van der Waals surface area contributed by atoms with Crippen LogP contribution < -0.4 is 9.47 Å². The largest absolute Gasteiger partial charge is 0.497 e. The Balaban J connectivity index is 2.14. The van der Waals surface area contributed by atoms with Gasteiger partial charge in [-0.3, -0.25) is 4.79 Å². The van der Waals surface area contributed by atoms with Gasteiger partial charge in [0.25, 0.3) is 0 Å². The van der Waals surface area contributed by atoms with Crippen LogP contribution in [0.2, 0.25) is 0 Å². The van der Waals surface area contributed by atoms with Crippen LogP contribution in [-0.2, 0) is 16.0 Å². The van der Waals surface area contributed by atoms with Crippen molar-refractivity contribution in [1.82, 2.24) is 0 Å². The smallest absolute Gasteiger partial charge is 0.308 e. The molecular weight excluding hydrogens is 304 g/mol. The zero-order chi connectivity index (χ0) is 17.1. The summed E-state index contributed by atoms with van der Waals surface area (Å²) in [5.74, 6) is 1.89. The lowest BCUT2D eigenvalue weighted by Crippen LogP contribution is -2.10. The van der Waals surface area contributed by atoms with Gasteiger partial charge in [0.2, 0.25) is 0 Å². The number of benzene rings is 2. The average Bonchev–Trinajstić information content (AvgIpc) is 2.61. The van der Waals surface area contributed by atoms with E-state index in [1.165, 1.54) is 6.92 Å². The topological polar surface area (TPSA) is 44.8 Å². The van der Waals surface area contributed by atoms with Crippen molar-refractivity contribution in [2.45, 2.75) is 19.8 Å². The fraction of sp³-hybridized carbons (Fsp3) is 0.250. The zero-order valence-corrected chi connectivity index (χ0v) is 14.1. The zero-order valence-electron chi connectivity index (χ0n) is 14.1. The fourth-order valence-corrected chi connectivity index (χ4v) is 3.01. The first-order valence-electron chi connectivity index (χ1n) is 7.85. The third kappa shape index (κ3) is 3.13. The van der Waals surface area contributed by atoms with Crippen LogP contribution in [-0.4, -0.2) is 20.2 Å². The highest BCUT2D eigenvalue weighted by atomic mass is 16.5. The van der Waals surface area contributed by atoms with Crippen molar-refractivity contribution in [2.24, 2.45) is 0 Å². The van der Waals surface area contributed by atoms with Crippen molar-refractivity contribution in [3.8, 4) is 11.5 Å². The van der Waals surface area contributed by atoms with E-state index in [1.807, 2.05) is 42.5 Å². The monoisotopic (exact) mass is 324 g/mol. The molecule has 0 amide bonds. The molecule has 0 aromatic heterocycles. The van der Waals surface area contributed by atoms with Crippen molar-refractivity contribution in [1.29, 1.82) is 0 Å². The van der Waals surface area contributed by atoms with E-state index in [1.54, 1.807) is 14.2 Å². The van der Waals surface area contributed by atoms with Gasteiger partial charge in [-0.25, -0.2) is 0 Å². The Kier molecular flexibility index (Phi) is 4.56. The molecule has 0 saturated carbocycles. The van der Waals surface area contributed by atoms with Gasteiger partial charge in [-0.15, -0.1) is 0 Å². The third-order valence-electron chi connectivity index (χ3n) is 4.14. The molecule has 0 heterocycles. The maximum absolute atomic E-state index is 11.6. The van der Waals surface area contributed by atoms with E-state index in [0.29, 0.717) is 5.76 Å². The Morgan fingerprint density at radius 1 is 0.958 bits per heavy atom. The highest BCUT2D eigenvalue weighted by molar-refractivity contribution is 5.94. The summed E-state index contributed by atoms with van der Waals surface area (Å²) in [6.07, 6.45) is 1.65. The van der Waals surface area contributed by atoms with E-state index in [2.05, 4.69) is 0 Å². The standard InChI is InChI=1S/C20H20O4/c1-13(21)24-20-18(14-5-4-6-16(11-14)22-2)9-7-15-12-17(23-3)8-10-19(15)20/h4-6,8,10-12H,7,9H2,1-3H3. The van der Waals surface area contributed by atoms with Gasteiger partial charge in [-0.2, -0.15) is 0 Å². The Morgan fingerprint density at radius 2 is 1.71 bits per heavy atom. The van der Waals surface area contributed by atoms with Gasteiger partial charge in [-0.1, -0.05) is 12.1 Å². The van der Waals surface area contributed by atoms with Gasteiger partial charge in [0.15, 0.2) is 0 Å². The predicted molar refractivity (Wildman–Crippen MR) is 92.9 cm³/mol. The molecule has 2 aromatic rings. The molecule has 0 saturated heterocycles. The van der Waals surface area contributed by atoms with Gasteiger partial charge >= 0.3 is 5.97 Å². The molecule has 0 unspecified atom stereocenters. The second kappa shape index (κ2) is 6.79. The summed E-state index contributed by atoms with van der Waals surface area (Å²) < 4.78 is 16.2. The van der Waals surface area contributed by atoms with E-state index >= 15 is 0 Å². The lowest BCUT2D eigenvalue weighted by molar-refractivity contribution is -0.134. The molecule has 0 atom stereocenters. The molecule has 0 fully saturated rings. The molecule has 0 aliphatic heterocycles. The number of allylic oxidation sites excluding steroid dienone is 1. The summed E-state index contributed by atoms with van der Waals surface area (Å²) in [5.41, 5.74) is 4.08. The predicted octanol–water partition coefficient (Wildman–Crippen LogP) is 4.08. The van der Waals surface area contributed by atoms with Crippen LogP contribution in [0.5, 0.6) is 11.5 Å². The number of carbonyl (C=O) groups is 1. The van der Waals surface area contributed by atoms with Crippen LogP contribution in [0.4, 0.5) is 0 Å². The number of fused-ring (bicyclic) bond motifs is 1. The summed E-state index contributed by atoms with van der Waals surface area (Å²) in [4.78, 5) is 11.6. The molecular formula is C20H20O4. The number of rotatable bonds is 4. The summed E-state index contributed by atoms with van der Waals surface area (Å²) in [7, 11) is 3.29. The van der Waals surface area contributed by atoms with Crippen LogP contribution in [0.15, 0.2) is 42.5 Å². The molecule has 0 N–H and O–H groups in total. The first kappa shape index (κ1) is 16.1. The molecule has 1 aliphatic rings. The number of esters is 1. The van der Waals surface area contributed by atoms with Crippen LogP contribution in [0, 0.1) is 0 Å². The quantitative estimate of drug-likeness (QED) is 0.795. The fourth-order valence-electron chi connectivity index (χ4n) is 3.01. The number of carbonyl (C=O) groups excluding carboxylic acids is 1. The Bertz CT molecular complexity index is 805. The minimum atomic E-state index is -0.325. The average molecular weight is 324 g/mol. The molecule has 24 heavy (non-hydrogen) atoms.